The fourth-order valence-electron chi connectivity index (χ4n) is 2.58. The third-order valence-electron chi connectivity index (χ3n) is 3.68. The van der Waals surface area contributed by atoms with E-state index in [0.717, 1.165) is 36.2 Å². The van der Waals surface area contributed by atoms with Gasteiger partial charge < -0.3 is 9.32 Å². The van der Waals surface area contributed by atoms with Crippen molar-refractivity contribution in [2.24, 2.45) is 5.92 Å². The Hall–Kier alpha value is -2.03. The summed E-state index contributed by atoms with van der Waals surface area (Å²) in [5, 5.41) is 1.12. The van der Waals surface area contributed by atoms with E-state index in [1.54, 1.807) is 0 Å². The van der Waals surface area contributed by atoms with Gasteiger partial charge in [-0.3, -0.25) is 4.79 Å². The molecule has 3 rings (SSSR count). The summed E-state index contributed by atoms with van der Waals surface area (Å²) in [6, 6.07) is 10.0. The van der Waals surface area contributed by atoms with E-state index in [4.69, 9.17) is 4.42 Å². The highest BCUT2D eigenvalue weighted by Crippen LogP contribution is 2.21. The molecule has 1 aliphatic rings. The van der Waals surface area contributed by atoms with Gasteiger partial charge in [-0.1, -0.05) is 24.3 Å². The molecule has 1 aliphatic heterocycles. The average molecular weight is 255 g/mol. The fraction of sp³-hybridized carbons (Fsp3) is 0.312. The first-order valence-corrected chi connectivity index (χ1v) is 6.64. The lowest BCUT2D eigenvalue weighted by atomic mass is 10.1. The SMILES string of the molecule is C=CC1CC(=O)N(CCc2cc3ccccc3o2)C1. The minimum Gasteiger partial charge on any atom is -0.461 e. The molecule has 19 heavy (non-hydrogen) atoms. The van der Waals surface area contributed by atoms with E-state index in [2.05, 4.69) is 12.6 Å². The van der Waals surface area contributed by atoms with Crippen LogP contribution >= 0.6 is 0 Å². The number of nitrogens with zero attached hydrogens (tertiary/aromatic N) is 1. The zero-order chi connectivity index (χ0) is 13.2. The molecule has 1 aromatic carbocycles. The Morgan fingerprint density at radius 1 is 1.42 bits per heavy atom. The van der Waals surface area contributed by atoms with E-state index in [1.807, 2.05) is 35.2 Å². The predicted molar refractivity (Wildman–Crippen MR) is 74.8 cm³/mol. The van der Waals surface area contributed by atoms with Crippen molar-refractivity contribution in [3.63, 3.8) is 0 Å². The third kappa shape index (κ3) is 2.41. The van der Waals surface area contributed by atoms with Gasteiger partial charge in [0.25, 0.3) is 0 Å². The second kappa shape index (κ2) is 4.92. The van der Waals surface area contributed by atoms with Gasteiger partial charge in [0.15, 0.2) is 0 Å². The smallest absolute Gasteiger partial charge is 0.223 e. The van der Waals surface area contributed by atoms with Crippen LogP contribution in [0.2, 0.25) is 0 Å². The molecular formula is C16H17NO2. The molecule has 2 heterocycles. The van der Waals surface area contributed by atoms with Crippen LogP contribution in [0.15, 0.2) is 47.4 Å². The molecule has 3 heteroatoms. The van der Waals surface area contributed by atoms with E-state index in [-0.39, 0.29) is 5.91 Å². The first-order chi connectivity index (χ1) is 9.26. The van der Waals surface area contributed by atoms with Gasteiger partial charge in [-0.15, -0.1) is 6.58 Å². The van der Waals surface area contributed by atoms with Crippen molar-refractivity contribution < 1.29 is 9.21 Å². The summed E-state index contributed by atoms with van der Waals surface area (Å²) in [5.74, 6) is 1.47. The third-order valence-corrected chi connectivity index (χ3v) is 3.68. The molecule has 1 saturated heterocycles. The highest BCUT2D eigenvalue weighted by molar-refractivity contribution is 5.79. The van der Waals surface area contributed by atoms with Gasteiger partial charge >= 0.3 is 0 Å². The van der Waals surface area contributed by atoms with Crippen LogP contribution in [0.3, 0.4) is 0 Å². The van der Waals surface area contributed by atoms with Crippen molar-refractivity contribution in [2.45, 2.75) is 12.8 Å². The molecule has 1 atom stereocenters. The van der Waals surface area contributed by atoms with E-state index < -0.39 is 0 Å². The fourth-order valence-corrected chi connectivity index (χ4v) is 2.58. The number of likely N-dealkylation sites (tertiary alicyclic amines) is 1. The van der Waals surface area contributed by atoms with Crippen molar-refractivity contribution in [1.29, 1.82) is 0 Å². The number of furan rings is 1. The molecule has 0 bridgehead atoms. The van der Waals surface area contributed by atoms with Crippen LogP contribution in [0.25, 0.3) is 11.0 Å². The summed E-state index contributed by atoms with van der Waals surface area (Å²) in [6.07, 6.45) is 3.24. The number of rotatable bonds is 4. The molecule has 1 amide bonds. The standard InChI is InChI=1S/C16H17NO2/c1-2-12-9-16(18)17(11-12)8-7-14-10-13-5-3-4-6-15(13)19-14/h2-6,10,12H,1,7-9,11H2. The van der Waals surface area contributed by atoms with Gasteiger partial charge in [-0.25, -0.2) is 0 Å². The maximum Gasteiger partial charge on any atom is 0.223 e. The Morgan fingerprint density at radius 3 is 3.00 bits per heavy atom. The first-order valence-electron chi connectivity index (χ1n) is 6.64. The van der Waals surface area contributed by atoms with Gasteiger partial charge in [0.05, 0.1) is 0 Å². The van der Waals surface area contributed by atoms with Crippen molar-refractivity contribution in [3.05, 3.63) is 48.7 Å². The summed E-state index contributed by atoms with van der Waals surface area (Å²) in [4.78, 5) is 13.7. The summed E-state index contributed by atoms with van der Waals surface area (Å²) >= 11 is 0. The van der Waals surface area contributed by atoms with Crippen LogP contribution in [0.5, 0.6) is 0 Å². The summed E-state index contributed by atoms with van der Waals surface area (Å²) in [6.45, 7) is 5.28. The Bertz CT molecular complexity index is 581. The second-order valence-corrected chi connectivity index (χ2v) is 5.04. The van der Waals surface area contributed by atoms with Crippen LogP contribution in [0.1, 0.15) is 12.2 Å². The first kappa shape index (κ1) is 12.0. The molecule has 98 valence electrons. The topological polar surface area (TPSA) is 33.5 Å². The lowest BCUT2D eigenvalue weighted by Crippen LogP contribution is -2.27. The number of carbonyl (C=O) groups is 1. The van der Waals surface area contributed by atoms with Crippen LogP contribution in [0.4, 0.5) is 0 Å². The largest absolute Gasteiger partial charge is 0.461 e. The number of hydrogen-bond donors (Lipinski definition) is 0. The number of hydrogen-bond acceptors (Lipinski definition) is 2. The molecule has 0 saturated carbocycles. The second-order valence-electron chi connectivity index (χ2n) is 5.04. The highest BCUT2D eigenvalue weighted by Gasteiger charge is 2.27. The lowest BCUT2D eigenvalue weighted by molar-refractivity contribution is -0.127. The van der Waals surface area contributed by atoms with Crippen molar-refractivity contribution in [2.75, 3.05) is 13.1 Å². The number of amides is 1. The average Bonchev–Trinajstić information content (AvgIpc) is 2.99. The minimum absolute atomic E-state index is 0.223. The molecule has 1 fully saturated rings. The number of para-hydroxylation sites is 1. The normalized spacial score (nSPS) is 19.3. The number of carbonyl (C=O) groups excluding carboxylic acids is 1. The number of benzene rings is 1. The lowest BCUT2D eigenvalue weighted by Gasteiger charge is -2.14. The Morgan fingerprint density at radius 2 is 2.26 bits per heavy atom. The molecule has 1 unspecified atom stereocenters. The van der Waals surface area contributed by atoms with Crippen molar-refractivity contribution >= 4 is 16.9 Å². The summed E-state index contributed by atoms with van der Waals surface area (Å²) < 4.78 is 5.76. The van der Waals surface area contributed by atoms with E-state index in [0.29, 0.717) is 12.3 Å². The molecule has 3 nitrogen and oxygen atoms in total. The quantitative estimate of drug-likeness (QED) is 0.787. The zero-order valence-corrected chi connectivity index (χ0v) is 10.8. The van der Waals surface area contributed by atoms with Crippen LogP contribution in [0, 0.1) is 5.92 Å². The summed E-state index contributed by atoms with van der Waals surface area (Å²) in [5.41, 5.74) is 0.911. The molecule has 0 spiro atoms. The molecule has 0 radical (unpaired) electrons. The van der Waals surface area contributed by atoms with Crippen molar-refractivity contribution in [3.8, 4) is 0 Å². The minimum atomic E-state index is 0.223. The van der Waals surface area contributed by atoms with Gasteiger partial charge in [0.1, 0.15) is 11.3 Å². The monoisotopic (exact) mass is 255 g/mol. The van der Waals surface area contributed by atoms with Crippen LogP contribution < -0.4 is 0 Å². The zero-order valence-electron chi connectivity index (χ0n) is 10.8. The van der Waals surface area contributed by atoms with Crippen molar-refractivity contribution in [1.82, 2.24) is 4.90 Å². The maximum atomic E-state index is 11.8. The Kier molecular flexibility index (Phi) is 3.11. The Balaban J connectivity index is 1.66. The van der Waals surface area contributed by atoms with Gasteiger partial charge in [0.2, 0.25) is 5.91 Å². The van der Waals surface area contributed by atoms with E-state index >= 15 is 0 Å². The van der Waals surface area contributed by atoms with E-state index in [1.165, 1.54) is 0 Å². The molecule has 0 aliphatic carbocycles. The van der Waals surface area contributed by atoms with Crippen LogP contribution in [-0.2, 0) is 11.2 Å². The summed E-state index contributed by atoms with van der Waals surface area (Å²) in [7, 11) is 0. The predicted octanol–water partition coefficient (Wildman–Crippen LogP) is 3.01. The van der Waals surface area contributed by atoms with Crippen LogP contribution in [-0.4, -0.2) is 23.9 Å². The molecule has 2 aromatic rings. The maximum absolute atomic E-state index is 11.8. The van der Waals surface area contributed by atoms with Gasteiger partial charge in [-0.2, -0.15) is 0 Å². The Labute approximate surface area is 112 Å². The van der Waals surface area contributed by atoms with Gasteiger partial charge in [-0.05, 0) is 12.1 Å². The molecule has 1 aromatic heterocycles. The highest BCUT2D eigenvalue weighted by atomic mass is 16.3. The number of fused-ring (bicyclic) bond motifs is 1. The van der Waals surface area contributed by atoms with E-state index in [9.17, 15) is 4.79 Å². The molecule has 0 N–H and O–H groups in total. The molecular weight excluding hydrogens is 238 g/mol. The van der Waals surface area contributed by atoms with Gasteiger partial charge in [0, 0.05) is 37.2 Å².